The first-order valence-corrected chi connectivity index (χ1v) is 18.9. The predicted molar refractivity (Wildman–Crippen MR) is 180 cm³/mol. The molecule has 5 saturated heterocycles. The molecule has 8 aliphatic rings. The van der Waals surface area contributed by atoms with Gasteiger partial charge in [-0.15, -0.1) is 0 Å². The monoisotopic (exact) mass is 794 g/mol. The van der Waals surface area contributed by atoms with E-state index in [-0.39, 0.29) is 25.0 Å². The maximum atomic E-state index is 14.4. The Kier molecular flexibility index (Phi) is 8.76. The molecule has 18 nitrogen and oxygen atoms in total. The Balaban J connectivity index is 1.39. The molecule has 1 unspecified atom stereocenters. The molecule has 3 aliphatic carbocycles. The van der Waals surface area contributed by atoms with Crippen LogP contribution in [0.2, 0.25) is 0 Å². The van der Waals surface area contributed by atoms with Crippen LogP contribution in [0.5, 0.6) is 0 Å². The number of aliphatic hydroxyl groups is 2. The van der Waals surface area contributed by atoms with Crippen molar-refractivity contribution in [1.82, 2.24) is 0 Å². The third kappa shape index (κ3) is 4.26. The molecule has 0 aromatic heterocycles. The van der Waals surface area contributed by atoms with Crippen LogP contribution in [0, 0.1) is 34.0 Å². The summed E-state index contributed by atoms with van der Waals surface area (Å²) in [7, 11) is 3.56. The Hall–Kier alpha value is -3.23. The van der Waals surface area contributed by atoms with Crippen molar-refractivity contribution in [2.75, 3.05) is 41.2 Å². The molecule has 2 N–H and O–H groups in total. The maximum absolute atomic E-state index is 14.4. The zero-order chi connectivity index (χ0) is 40.8. The van der Waals surface area contributed by atoms with Crippen LogP contribution in [0.25, 0.3) is 0 Å². The first kappa shape index (κ1) is 39.6. The topological polar surface area (TPSA) is 231 Å². The second kappa shape index (κ2) is 12.4. The summed E-state index contributed by atoms with van der Waals surface area (Å²) in [6, 6.07) is 0. The lowest BCUT2D eigenvalue weighted by molar-refractivity contribution is -0.321. The second-order valence-electron chi connectivity index (χ2n) is 16.9. The molecule has 56 heavy (non-hydrogen) atoms. The Labute approximate surface area is 322 Å². The molecule has 1 spiro atoms. The molecule has 3 saturated carbocycles. The number of methoxy groups -OCH3 is 3. The van der Waals surface area contributed by atoms with Crippen LogP contribution < -0.4 is 0 Å². The van der Waals surface area contributed by atoms with Gasteiger partial charge in [-0.1, -0.05) is 13.0 Å². The number of fused-ring (bicyclic) bond motifs is 7. The van der Waals surface area contributed by atoms with Gasteiger partial charge in [-0.05, 0) is 27.2 Å². The Morgan fingerprint density at radius 3 is 2.11 bits per heavy atom. The van der Waals surface area contributed by atoms with Crippen LogP contribution in [0.1, 0.15) is 54.4 Å². The van der Waals surface area contributed by atoms with Gasteiger partial charge in [-0.3, -0.25) is 14.4 Å². The molecule has 8 rings (SSSR count). The average Bonchev–Trinajstić information content (AvgIpc) is 3.50. The van der Waals surface area contributed by atoms with E-state index >= 15 is 0 Å². The number of ether oxygens (including phenoxy) is 11. The number of aliphatic hydroxyl groups excluding tert-OH is 1. The summed E-state index contributed by atoms with van der Waals surface area (Å²) in [4.78, 5) is 67.5. The van der Waals surface area contributed by atoms with E-state index < -0.39 is 143 Å². The number of hydrogen-bond acceptors (Lipinski definition) is 18. The van der Waals surface area contributed by atoms with E-state index in [4.69, 9.17) is 52.1 Å². The van der Waals surface area contributed by atoms with Crippen LogP contribution >= 0.6 is 0 Å². The van der Waals surface area contributed by atoms with Gasteiger partial charge in [0.25, 0.3) is 5.79 Å². The van der Waals surface area contributed by atoms with Gasteiger partial charge in [0.15, 0.2) is 18.0 Å². The summed E-state index contributed by atoms with van der Waals surface area (Å²) in [6.07, 6.45) is -7.37. The molecule has 0 amide bonds. The van der Waals surface area contributed by atoms with Gasteiger partial charge in [0.05, 0.1) is 52.4 Å². The predicted octanol–water partition coefficient (Wildman–Crippen LogP) is -0.131. The first-order valence-electron chi connectivity index (χ1n) is 18.9. The lowest BCUT2D eigenvalue weighted by Crippen LogP contribution is -2.79. The minimum Gasteiger partial charge on any atom is -0.468 e. The van der Waals surface area contributed by atoms with Crippen molar-refractivity contribution in [3.8, 4) is 0 Å². The van der Waals surface area contributed by atoms with Crippen molar-refractivity contribution < 1.29 is 86.3 Å². The number of epoxide rings is 1. The van der Waals surface area contributed by atoms with Crippen molar-refractivity contribution in [3.63, 3.8) is 0 Å². The van der Waals surface area contributed by atoms with Crippen LogP contribution in [0.3, 0.4) is 0 Å². The fourth-order valence-electron chi connectivity index (χ4n) is 13.0. The lowest BCUT2D eigenvalue weighted by Gasteiger charge is -2.66. The second-order valence-corrected chi connectivity index (χ2v) is 16.9. The molecule has 5 heterocycles. The Morgan fingerprint density at radius 1 is 0.839 bits per heavy atom. The molecular weight excluding hydrogens is 744 g/mol. The van der Waals surface area contributed by atoms with Crippen molar-refractivity contribution in [1.29, 1.82) is 0 Å². The van der Waals surface area contributed by atoms with Gasteiger partial charge in [0.1, 0.15) is 28.8 Å². The van der Waals surface area contributed by atoms with Gasteiger partial charge >= 0.3 is 29.8 Å². The summed E-state index contributed by atoms with van der Waals surface area (Å²) in [6.45, 7) is 8.11. The zero-order valence-electron chi connectivity index (χ0n) is 32.8. The molecule has 2 bridgehead atoms. The summed E-state index contributed by atoms with van der Waals surface area (Å²) in [5.74, 6) is -9.68. The standard InChI is InChI=1S/C38H50O18/c1-10-16(2)27(42)54-20-12-21(52-17(3)39)35(29(43)46-7)14-50-24-25(35)34(20)15-51-37(48-9,30(44)47-8)28(34)32(5,26(24)41)38-22-11-19(33(38,6)56-38)36(45)23(53-18(4)40)13-49-31(36)55-22/h10,19-26,28,31,41,45H,11-15H2,1-9H3/b16-10+/t19-,20+,21-,22+,23+,24-,25-,26-,28+,31+,32-,33+,34+,35+,36+,37?,38+/m1/s1. The van der Waals surface area contributed by atoms with Gasteiger partial charge in [0, 0.05) is 61.5 Å². The number of carbonyl (C=O) groups excluding carboxylic acids is 5. The molecule has 310 valence electrons. The SMILES string of the molecule is C/C=C(\C)C(=O)O[C@H]1C[C@@H](OC(C)=O)[C@@]2(C(=O)OC)CO[C@H]3[C@@H](O)[C@@](C)([C@]45O[C@@]4(C)[C@H]4C[C@@H]5O[C@@H]5OC[C@H](OC(C)=O)[C@]54O)[C@@H]4C(OC)(C(=O)OC)OC[C@@]14[C@@H]32. The fraction of sp³-hybridized carbons (Fsp3) is 0.816. The van der Waals surface area contributed by atoms with Gasteiger partial charge in [-0.2, -0.15) is 0 Å². The van der Waals surface area contributed by atoms with E-state index in [1.807, 2.05) is 0 Å². The minimum atomic E-state index is -2.35. The van der Waals surface area contributed by atoms with Gasteiger partial charge in [0.2, 0.25) is 0 Å². The number of esters is 5. The highest BCUT2D eigenvalue weighted by atomic mass is 16.8. The highest BCUT2D eigenvalue weighted by molar-refractivity contribution is 5.88. The normalized spacial score (nSPS) is 51.8. The Bertz CT molecular complexity index is 1780. The first-order chi connectivity index (χ1) is 26.3. The number of carbonyl (C=O) groups is 5. The third-order valence-electron chi connectivity index (χ3n) is 15.1. The average molecular weight is 795 g/mol. The van der Waals surface area contributed by atoms with E-state index in [9.17, 15) is 34.2 Å². The van der Waals surface area contributed by atoms with E-state index in [0.717, 1.165) is 7.11 Å². The van der Waals surface area contributed by atoms with E-state index in [1.165, 1.54) is 28.1 Å². The quantitative estimate of drug-likeness (QED) is 0.141. The maximum Gasteiger partial charge on any atom is 0.366 e. The smallest absolute Gasteiger partial charge is 0.366 e. The largest absolute Gasteiger partial charge is 0.468 e. The molecule has 18 heteroatoms. The van der Waals surface area contributed by atoms with Crippen LogP contribution in [0.4, 0.5) is 0 Å². The molecule has 0 radical (unpaired) electrons. The van der Waals surface area contributed by atoms with E-state index in [1.54, 1.807) is 33.8 Å². The van der Waals surface area contributed by atoms with E-state index in [2.05, 4.69) is 0 Å². The van der Waals surface area contributed by atoms with Crippen LogP contribution in [0.15, 0.2) is 11.6 Å². The third-order valence-corrected chi connectivity index (χ3v) is 15.1. The highest BCUT2D eigenvalue weighted by Crippen LogP contribution is 2.83. The fourth-order valence-corrected chi connectivity index (χ4v) is 13.0. The summed E-state index contributed by atoms with van der Waals surface area (Å²) in [5.41, 5.74) is -9.83. The van der Waals surface area contributed by atoms with Gasteiger partial charge in [-0.25, -0.2) is 9.59 Å². The van der Waals surface area contributed by atoms with E-state index in [0.29, 0.717) is 0 Å². The molecule has 5 aliphatic heterocycles. The van der Waals surface area contributed by atoms with Crippen molar-refractivity contribution in [2.24, 2.45) is 34.0 Å². The zero-order valence-corrected chi connectivity index (χ0v) is 32.8. The molecular formula is C38H50O18. The molecule has 17 atom stereocenters. The summed E-state index contributed by atoms with van der Waals surface area (Å²) >= 11 is 0. The lowest BCUT2D eigenvalue weighted by atomic mass is 9.37. The van der Waals surface area contributed by atoms with Crippen LogP contribution in [-0.2, 0) is 76.1 Å². The summed E-state index contributed by atoms with van der Waals surface area (Å²) in [5, 5.41) is 25.6. The number of rotatable bonds is 8. The van der Waals surface area contributed by atoms with Crippen molar-refractivity contribution in [2.45, 2.75) is 120 Å². The molecule has 0 aromatic carbocycles. The number of allylic oxidation sites excluding steroid dienone is 1. The molecule has 8 fully saturated rings. The van der Waals surface area contributed by atoms with Gasteiger partial charge < -0.3 is 62.3 Å². The van der Waals surface area contributed by atoms with Crippen molar-refractivity contribution in [3.05, 3.63) is 11.6 Å². The minimum absolute atomic E-state index is 0.142. The molecule has 0 aromatic rings. The van der Waals surface area contributed by atoms with Crippen molar-refractivity contribution >= 4 is 29.8 Å². The Morgan fingerprint density at radius 2 is 1.50 bits per heavy atom. The van der Waals surface area contributed by atoms with Crippen LogP contribution in [-0.4, -0.2) is 147 Å². The highest BCUT2D eigenvalue weighted by Gasteiger charge is 2.97. The summed E-state index contributed by atoms with van der Waals surface area (Å²) < 4.78 is 67.2. The number of hydrogen-bond donors (Lipinski definition) is 2.